The maximum Gasteiger partial charge on any atom is 0.240 e. The van der Waals surface area contributed by atoms with Gasteiger partial charge in [-0.25, -0.2) is 8.42 Å². The van der Waals surface area contributed by atoms with Crippen molar-refractivity contribution in [2.45, 2.75) is 31.6 Å². The summed E-state index contributed by atoms with van der Waals surface area (Å²) in [5.41, 5.74) is 1.75. The van der Waals surface area contributed by atoms with E-state index in [0.29, 0.717) is 13.0 Å². The molecule has 1 atom stereocenters. The second-order valence-corrected chi connectivity index (χ2v) is 7.61. The molecule has 0 aromatic heterocycles. The van der Waals surface area contributed by atoms with Crippen LogP contribution in [-0.4, -0.2) is 50.2 Å². The first kappa shape index (κ1) is 16.0. The van der Waals surface area contributed by atoms with Crippen LogP contribution < -0.4 is 0 Å². The Morgan fingerprint density at radius 3 is 2.62 bits per heavy atom. The minimum absolute atomic E-state index is 0.0448. The number of hydrogen-bond acceptors (Lipinski definition) is 3. The molecular weight excluding hydrogens is 288 g/mol. The first-order chi connectivity index (χ1) is 9.83. The van der Waals surface area contributed by atoms with Gasteiger partial charge in [-0.3, -0.25) is 4.79 Å². The van der Waals surface area contributed by atoms with Gasteiger partial charge in [0.1, 0.15) is 6.04 Å². The van der Waals surface area contributed by atoms with E-state index in [2.05, 4.69) is 0 Å². The van der Waals surface area contributed by atoms with Gasteiger partial charge in [-0.05, 0) is 30.9 Å². The minimum atomic E-state index is -3.48. The van der Waals surface area contributed by atoms with E-state index in [1.165, 1.54) is 9.21 Å². The molecule has 2 rings (SSSR count). The predicted molar refractivity (Wildman–Crippen MR) is 82.2 cm³/mol. The molecule has 0 saturated carbocycles. The van der Waals surface area contributed by atoms with Crippen LogP contribution in [0.1, 0.15) is 24.0 Å². The van der Waals surface area contributed by atoms with Gasteiger partial charge in [-0.2, -0.15) is 4.31 Å². The second-order valence-electron chi connectivity index (χ2n) is 5.68. The molecule has 5 nitrogen and oxygen atoms in total. The van der Waals surface area contributed by atoms with Gasteiger partial charge in [0.2, 0.25) is 15.9 Å². The van der Waals surface area contributed by atoms with E-state index in [0.717, 1.165) is 17.5 Å². The summed E-state index contributed by atoms with van der Waals surface area (Å²) in [5.74, 6) is -0.183. The monoisotopic (exact) mass is 310 g/mol. The third-order valence-electron chi connectivity index (χ3n) is 3.89. The van der Waals surface area contributed by atoms with Crippen LogP contribution in [0.2, 0.25) is 0 Å². The van der Waals surface area contributed by atoms with E-state index in [4.69, 9.17) is 0 Å². The number of benzene rings is 1. The van der Waals surface area contributed by atoms with Crippen LogP contribution in [0, 0.1) is 6.92 Å². The summed E-state index contributed by atoms with van der Waals surface area (Å²) in [6, 6.07) is 6.90. The largest absolute Gasteiger partial charge is 0.347 e. The molecule has 21 heavy (non-hydrogen) atoms. The lowest BCUT2D eigenvalue weighted by atomic mass is 10.1. The van der Waals surface area contributed by atoms with E-state index in [9.17, 15) is 13.2 Å². The lowest BCUT2D eigenvalue weighted by molar-refractivity contribution is -0.132. The third kappa shape index (κ3) is 3.44. The highest BCUT2D eigenvalue weighted by molar-refractivity contribution is 7.88. The summed E-state index contributed by atoms with van der Waals surface area (Å²) in [7, 11) is -0.158. The first-order valence-electron chi connectivity index (χ1n) is 7.08. The number of amides is 1. The zero-order chi connectivity index (χ0) is 15.6. The highest BCUT2D eigenvalue weighted by Crippen LogP contribution is 2.25. The molecule has 6 heteroatoms. The van der Waals surface area contributed by atoms with Gasteiger partial charge in [-0.15, -0.1) is 0 Å². The minimum Gasteiger partial charge on any atom is -0.347 e. The smallest absolute Gasteiger partial charge is 0.240 e. The quantitative estimate of drug-likeness (QED) is 0.844. The summed E-state index contributed by atoms with van der Waals surface area (Å²) in [4.78, 5) is 13.6. The Balaban J connectivity index is 2.23. The Kier molecular flexibility index (Phi) is 4.68. The fourth-order valence-corrected chi connectivity index (χ4v) is 4.54. The van der Waals surface area contributed by atoms with Crippen LogP contribution >= 0.6 is 0 Å². The highest BCUT2D eigenvalue weighted by atomic mass is 32.2. The van der Waals surface area contributed by atoms with E-state index in [-0.39, 0.29) is 11.7 Å². The molecule has 1 aliphatic heterocycles. The molecule has 1 amide bonds. The van der Waals surface area contributed by atoms with Crippen LogP contribution in [0.25, 0.3) is 0 Å². The van der Waals surface area contributed by atoms with Gasteiger partial charge in [-0.1, -0.05) is 24.3 Å². The van der Waals surface area contributed by atoms with Crippen LogP contribution in [0.3, 0.4) is 0 Å². The van der Waals surface area contributed by atoms with Crippen molar-refractivity contribution >= 4 is 15.9 Å². The van der Waals surface area contributed by atoms with Crippen molar-refractivity contribution in [3.8, 4) is 0 Å². The molecule has 0 N–H and O–H groups in total. The van der Waals surface area contributed by atoms with Crippen LogP contribution in [0.5, 0.6) is 0 Å². The lowest BCUT2D eigenvalue weighted by Gasteiger charge is -2.25. The number of nitrogens with zero attached hydrogens (tertiary/aromatic N) is 2. The van der Waals surface area contributed by atoms with Crippen molar-refractivity contribution in [2.75, 3.05) is 20.6 Å². The number of carbonyl (C=O) groups is 1. The van der Waals surface area contributed by atoms with Crippen LogP contribution in [0.4, 0.5) is 0 Å². The highest BCUT2D eigenvalue weighted by Gasteiger charge is 2.39. The van der Waals surface area contributed by atoms with Crippen molar-refractivity contribution in [1.82, 2.24) is 9.21 Å². The number of hydrogen-bond donors (Lipinski definition) is 0. The van der Waals surface area contributed by atoms with E-state index in [1.54, 1.807) is 14.1 Å². The van der Waals surface area contributed by atoms with Crippen molar-refractivity contribution in [1.29, 1.82) is 0 Å². The van der Waals surface area contributed by atoms with Crippen molar-refractivity contribution in [3.63, 3.8) is 0 Å². The molecular formula is C15H22N2O3S. The maximum atomic E-state index is 12.6. The molecule has 0 spiro atoms. The number of aryl methyl sites for hydroxylation is 1. The van der Waals surface area contributed by atoms with Gasteiger partial charge in [0, 0.05) is 20.6 Å². The predicted octanol–water partition coefficient (Wildman–Crippen LogP) is 1.38. The fraction of sp³-hybridized carbons (Fsp3) is 0.533. The molecule has 0 unspecified atom stereocenters. The Labute approximate surface area is 126 Å². The molecule has 0 radical (unpaired) electrons. The number of likely N-dealkylation sites (N-methyl/N-ethyl adjacent to an activating group) is 1. The molecule has 116 valence electrons. The Morgan fingerprint density at radius 2 is 2.00 bits per heavy atom. The summed E-state index contributed by atoms with van der Waals surface area (Å²) in [6.45, 7) is 2.33. The fourth-order valence-electron chi connectivity index (χ4n) is 2.67. The summed E-state index contributed by atoms with van der Waals surface area (Å²) >= 11 is 0. The van der Waals surface area contributed by atoms with Gasteiger partial charge >= 0.3 is 0 Å². The maximum absolute atomic E-state index is 12.6. The molecule has 1 aromatic rings. The molecule has 0 bridgehead atoms. The average molecular weight is 310 g/mol. The van der Waals surface area contributed by atoms with Crippen molar-refractivity contribution < 1.29 is 13.2 Å². The van der Waals surface area contributed by atoms with E-state index >= 15 is 0 Å². The van der Waals surface area contributed by atoms with Gasteiger partial charge in [0.25, 0.3) is 0 Å². The summed E-state index contributed by atoms with van der Waals surface area (Å²) in [5, 5.41) is 0. The Hall–Kier alpha value is -1.40. The lowest BCUT2D eigenvalue weighted by Crippen LogP contribution is -2.45. The first-order valence-corrected chi connectivity index (χ1v) is 8.69. The zero-order valence-corrected chi connectivity index (χ0v) is 13.6. The average Bonchev–Trinajstić information content (AvgIpc) is 2.90. The zero-order valence-electron chi connectivity index (χ0n) is 12.7. The van der Waals surface area contributed by atoms with Gasteiger partial charge < -0.3 is 4.90 Å². The second kappa shape index (κ2) is 6.15. The van der Waals surface area contributed by atoms with Crippen LogP contribution in [0.15, 0.2) is 24.3 Å². The SMILES string of the molecule is Cc1ccccc1CS(=O)(=O)N1CCC[C@H]1C(=O)N(C)C. The molecule has 1 aliphatic rings. The molecule has 1 heterocycles. The van der Waals surface area contributed by atoms with Gasteiger partial charge in [0.15, 0.2) is 0 Å². The molecule has 1 saturated heterocycles. The van der Waals surface area contributed by atoms with Gasteiger partial charge in [0.05, 0.1) is 5.75 Å². The standard InChI is InChI=1S/C15H22N2O3S/c1-12-7-4-5-8-13(12)11-21(19,20)17-10-6-9-14(17)15(18)16(2)3/h4-5,7-8,14H,6,9-11H2,1-3H3/t14-/m0/s1. The van der Waals surface area contributed by atoms with Crippen molar-refractivity contribution in [2.24, 2.45) is 0 Å². The Morgan fingerprint density at radius 1 is 1.33 bits per heavy atom. The molecule has 1 fully saturated rings. The normalized spacial score (nSPS) is 19.7. The summed E-state index contributed by atoms with van der Waals surface area (Å²) < 4.78 is 26.7. The van der Waals surface area contributed by atoms with Crippen molar-refractivity contribution in [3.05, 3.63) is 35.4 Å². The topological polar surface area (TPSA) is 57.7 Å². The molecule has 0 aliphatic carbocycles. The Bertz CT molecular complexity index is 626. The van der Waals surface area contributed by atoms with E-state index in [1.807, 2.05) is 31.2 Å². The molecule has 1 aromatic carbocycles. The number of rotatable bonds is 4. The van der Waals surface area contributed by atoms with Crippen LogP contribution in [-0.2, 0) is 20.6 Å². The van der Waals surface area contributed by atoms with E-state index < -0.39 is 16.1 Å². The third-order valence-corrected chi connectivity index (χ3v) is 5.71. The number of carbonyl (C=O) groups excluding carboxylic acids is 1. The summed E-state index contributed by atoms with van der Waals surface area (Å²) in [6.07, 6.45) is 1.33. The number of sulfonamides is 1.